The van der Waals surface area contributed by atoms with Crippen LogP contribution in [0.15, 0.2) is 42.7 Å². The SMILES string of the molecule is CCCc1ccccc1NCC(O)Cn1cccn1. The number of aliphatic hydroxyl groups excluding tert-OH is 1. The molecule has 1 heterocycles. The molecule has 0 fully saturated rings. The second-order valence-corrected chi connectivity index (χ2v) is 4.67. The van der Waals surface area contributed by atoms with Gasteiger partial charge >= 0.3 is 0 Å². The van der Waals surface area contributed by atoms with Crippen molar-refractivity contribution >= 4 is 5.69 Å². The van der Waals surface area contributed by atoms with Crippen molar-refractivity contribution in [2.24, 2.45) is 0 Å². The molecule has 1 unspecified atom stereocenters. The second-order valence-electron chi connectivity index (χ2n) is 4.67. The molecule has 1 atom stereocenters. The monoisotopic (exact) mass is 259 g/mol. The van der Waals surface area contributed by atoms with Gasteiger partial charge in [0, 0.05) is 24.6 Å². The summed E-state index contributed by atoms with van der Waals surface area (Å²) >= 11 is 0. The number of aryl methyl sites for hydroxylation is 1. The zero-order valence-electron chi connectivity index (χ0n) is 11.3. The topological polar surface area (TPSA) is 50.1 Å². The molecule has 0 aliphatic carbocycles. The van der Waals surface area contributed by atoms with Crippen molar-refractivity contribution in [1.82, 2.24) is 9.78 Å². The van der Waals surface area contributed by atoms with Gasteiger partial charge in [-0.05, 0) is 24.1 Å². The lowest BCUT2D eigenvalue weighted by molar-refractivity contribution is 0.161. The van der Waals surface area contributed by atoms with Crippen molar-refractivity contribution in [1.29, 1.82) is 0 Å². The highest BCUT2D eigenvalue weighted by Crippen LogP contribution is 2.16. The van der Waals surface area contributed by atoms with Crippen molar-refractivity contribution in [2.75, 3.05) is 11.9 Å². The van der Waals surface area contributed by atoms with Gasteiger partial charge < -0.3 is 10.4 Å². The normalized spacial score (nSPS) is 12.3. The molecule has 4 heteroatoms. The summed E-state index contributed by atoms with van der Waals surface area (Å²) in [7, 11) is 0. The van der Waals surface area contributed by atoms with E-state index in [1.54, 1.807) is 10.9 Å². The van der Waals surface area contributed by atoms with E-state index in [4.69, 9.17) is 0 Å². The van der Waals surface area contributed by atoms with Crippen LogP contribution < -0.4 is 5.32 Å². The first kappa shape index (κ1) is 13.6. The number of anilines is 1. The van der Waals surface area contributed by atoms with E-state index in [-0.39, 0.29) is 0 Å². The highest BCUT2D eigenvalue weighted by molar-refractivity contribution is 5.51. The number of rotatable bonds is 7. The van der Waals surface area contributed by atoms with Crippen LogP contribution in [0.25, 0.3) is 0 Å². The van der Waals surface area contributed by atoms with Crippen LogP contribution in [0.2, 0.25) is 0 Å². The summed E-state index contributed by atoms with van der Waals surface area (Å²) in [5.41, 5.74) is 2.42. The minimum Gasteiger partial charge on any atom is -0.389 e. The lowest BCUT2D eigenvalue weighted by Crippen LogP contribution is -2.25. The van der Waals surface area contributed by atoms with E-state index in [9.17, 15) is 5.11 Å². The van der Waals surface area contributed by atoms with Crippen LogP contribution in [0, 0.1) is 0 Å². The molecule has 0 radical (unpaired) electrons. The van der Waals surface area contributed by atoms with E-state index in [1.165, 1.54) is 5.56 Å². The molecule has 0 amide bonds. The predicted octanol–water partition coefficient (Wildman–Crippen LogP) is 2.31. The maximum Gasteiger partial charge on any atom is 0.0907 e. The number of aliphatic hydroxyl groups is 1. The molecule has 2 N–H and O–H groups in total. The van der Waals surface area contributed by atoms with Gasteiger partial charge in [-0.1, -0.05) is 31.5 Å². The van der Waals surface area contributed by atoms with Crippen LogP contribution in [0.1, 0.15) is 18.9 Å². The first-order valence-corrected chi connectivity index (χ1v) is 6.77. The average Bonchev–Trinajstić information content (AvgIpc) is 2.91. The van der Waals surface area contributed by atoms with Gasteiger partial charge in [0.1, 0.15) is 0 Å². The second kappa shape index (κ2) is 6.95. The first-order valence-electron chi connectivity index (χ1n) is 6.77. The van der Waals surface area contributed by atoms with E-state index in [0.29, 0.717) is 13.1 Å². The number of nitrogens with zero attached hydrogens (tertiary/aromatic N) is 2. The highest BCUT2D eigenvalue weighted by atomic mass is 16.3. The summed E-state index contributed by atoms with van der Waals surface area (Å²) in [4.78, 5) is 0. The lowest BCUT2D eigenvalue weighted by atomic mass is 10.1. The molecule has 0 bridgehead atoms. The van der Waals surface area contributed by atoms with E-state index >= 15 is 0 Å². The summed E-state index contributed by atoms with van der Waals surface area (Å²) < 4.78 is 1.74. The minimum absolute atomic E-state index is 0.449. The van der Waals surface area contributed by atoms with Crippen molar-refractivity contribution in [2.45, 2.75) is 32.4 Å². The molecule has 102 valence electrons. The Hall–Kier alpha value is -1.81. The zero-order valence-corrected chi connectivity index (χ0v) is 11.3. The molecule has 19 heavy (non-hydrogen) atoms. The lowest BCUT2D eigenvalue weighted by Gasteiger charge is -2.15. The molecule has 1 aromatic carbocycles. The number of para-hydroxylation sites is 1. The molecule has 0 saturated carbocycles. The summed E-state index contributed by atoms with van der Waals surface area (Å²) in [5, 5.41) is 17.4. The fourth-order valence-electron chi connectivity index (χ4n) is 2.10. The zero-order chi connectivity index (χ0) is 13.5. The molecular weight excluding hydrogens is 238 g/mol. The first-order chi connectivity index (χ1) is 9.29. The molecule has 2 rings (SSSR count). The van der Waals surface area contributed by atoms with Crippen LogP contribution in [0.4, 0.5) is 5.69 Å². The number of benzene rings is 1. The van der Waals surface area contributed by atoms with Gasteiger partial charge in [-0.3, -0.25) is 4.68 Å². The Bertz CT molecular complexity index is 482. The Kier molecular flexibility index (Phi) is 4.98. The van der Waals surface area contributed by atoms with Gasteiger partial charge in [0.2, 0.25) is 0 Å². The van der Waals surface area contributed by atoms with Gasteiger partial charge in [0.15, 0.2) is 0 Å². The van der Waals surface area contributed by atoms with Crippen LogP contribution in [0.5, 0.6) is 0 Å². The molecular formula is C15H21N3O. The standard InChI is InChI=1S/C15H21N3O/c1-2-6-13-7-3-4-8-15(13)16-11-14(19)12-18-10-5-9-17-18/h3-5,7-10,14,16,19H,2,6,11-12H2,1H3. The van der Waals surface area contributed by atoms with Crippen molar-refractivity contribution in [3.8, 4) is 0 Å². The van der Waals surface area contributed by atoms with Gasteiger partial charge in [0.25, 0.3) is 0 Å². The average molecular weight is 259 g/mol. The molecule has 0 saturated heterocycles. The molecule has 2 aromatic rings. The van der Waals surface area contributed by atoms with Crippen LogP contribution >= 0.6 is 0 Å². The molecule has 0 aliphatic heterocycles. The van der Waals surface area contributed by atoms with E-state index in [1.807, 2.05) is 18.3 Å². The molecule has 0 aliphatic rings. The van der Waals surface area contributed by atoms with Gasteiger partial charge in [0.05, 0.1) is 12.6 Å². The van der Waals surface area contributed by atoms with E-state index in [2.05, 4.69) is 35.5 Å². The third kappa shape index (κ3) is 4.10. The number of nitrogens with one attached hydrogen (secondary N) is 1. The Balaban J connectivity index is 1.87. The summed E-state index contributed by atoms with van der Waals surface area (Å²) in [6.45, 7) is 3.21. The Morgan fingerprint density at radius 2 is 2.16 bits per heavy atom. The fraction of sp³-hybridized carbons (Fsp3) is 0.400. The van der Waals surface area contributed by atoms with E-state index < -0.39 is 6.10 Å². The third-order valence-corrected chi connectivity index (χ3v) is 3.02. The highest BCUT2D eigenvalue weighted by Gasteiger charge is 2.06. The maximum absolute atomic E-state index is 9.98. The third-order valence-electron chi connectivity index (χ3n) is 3.02. The van der Waals surface area contributed by atoms with Crippen LogP contribution in [-0.2, 0) is 13.0 Å². The van der Waals surface area contributed by atoms with Gasteiger partial charge in [-0.2, -0.15) is 5.10 Å². The van der Waals surface area contributed by atoms with Gasteiger partial charge in [-0.25, -0.2) is 0 Å². The summed E-state index contributed by atoms with van der Waals surface area (Å²) in [6.07, 6.45) is 5.30. The maximum atomic E-state index is 9.98. The quantitative estimate of drug-likeness (QED) is 0.802. The van der Waals surface area contributed by atoms with Crippen molar-refractivity contribution in [3.63, 3.8) is 0 Å². The molecule has 4 nitrogen and oxygen atoms in total. The fourth-order valence-corrected chi connectivity index (χ4v) is 2.10. The summed E-state index contributed by atoms with van der Waals surface area (Å²) in [6, 6.07) is 10.1. The largest absolute Gasteiger partial charge is 0.389 e. The molecule has 0 spiro atoms. The van der Waals surface area contributed by atoms with Crippen LogP contribution in [-0.4, -0.2) is 27.5 Å². The Labute approximate surface area is 114 Å². The summed E-state index contributed by atoms with van der Waals surface area (Å²) in [5.74, 6) is 0. The number of aromatic nitrogens is 2. The smallest absolute Gasteiger partial charge is 0.0907 e. The van der Waals surface area contributed by atoms with E-state index in [0.717, 1.165) is 18.5 Å². The minimum atomic E-state index is -0.449. The number of hydrogen-bond donors (Lipinski definition) is 2. The number of hydrogen-bond acceptors (Lipinski definition) is 3. The Morgan fingerprint density at radius 3 is 2.89 bits per heavy atom. The molecule has 1 aromatic heterocycles. The van der Waals surface area contributed by atoms with Gasteiger partial charge in [-0.15, -0.1) is 0 Å². The Morgan fingerprint density at radius 1 is 1.32 bits per heavy atom. The van der Waals surface area contributed by atoms with Crippen LogP contribution in [0.3, 0.4) is 0 Å². The van der Waals surface area contributed by atoms with Crippen molar-refractivity contribution in [3.05, 3.63) is 48.3 Å². The van der Waals surface area contributed by atoms with Crippen molar-refractivity contribution < 1.29 is 5.11 Å². The predicted molar refractivity (Wildman–Crippen MR) is 77.2 cm³/mol.